The van der Waals surface area contributed by atoms with Crippen molar-refractivity contribution in [2.75, 3.05) is 0 Å². The van der Waals surface area contributed by atoms with Crippen LogP contribution >= 0.6 is 0 Å². The van der Waals surface area contributed by atoms with Crippen LogP contribution in [-0.2, 0) is 0 Å². The quantitative estimate of drug-likeness (QED) is 0.485. The van der Waals surface area contributed by atoms with Crippen molar-refractivity contribution < 1.29 is 5.11 Å². The predicted molar refractivity (Wildman–Crippen MR) is 51.6 cm³/mol. The molecule has 1 heteroatoms. The molecule has 0 saturated carbocycles. The molecule has 0 aliphatic heterocycles. The topological polar surface area (TPSA) is 20.2 Å². The molecule has 0 rings (SSSR count). The highest BCUT2D eigenvalue weighted by atomic mass is 16.3. The monoisotopic (exact) mass is 152 g/mol. The molecule has 0 saturated heterocycles. The Morgan fingerprint density at radius 1 is 1.18 bits per heavy atom. The summed E-state index contributed by atoms with van der Waals surface area (Å²) in [6.07, 6.45) is 4.69. The second-order valence-electron chi connectivity index (χ2n) is 1.60. The summed E-state index contributed by atoms with van der Waals surface area (Å²) in [5.41, 5.74) is 0.755. The third-order valence-electron chi connectivity index (χ3n) is 0.752. The molecule has 0 aromatic heterocycles. The average Bonchev–Trinajstić information content (AvgIpc) is 2.04. The van der Waals surface area contributed by atoms with Gasteiger partial charge in [0.1, 0.15) is 5.76 Å². The molecule has 62 valence electrons. The molecule has 1 nitrogen and oxygen atoms in total. The van der Waals surface area contributed by atoms with E-state index in [0.29, 0.717) is 0 Å². The van der Waals surface area contributed by atoms with Crippen LogP contribution < -0.4 is 0 Å². The molecule has 11 heavy (non-hydrogen) atoms. The van der Waals surface area contributed by atoms with Gasteiger partial charge in [-0.1, -0.05) is 45.7 Å². The van der Waals surface area contributed by atoms with E-state index in [1.54, 1.807) is 12.2 Å². The third-order valence-corrected chi connectivity index (χ3v) is 0.752. The van der Waals surface area contributed by atoms with E-state index in [1.807, 2.05) is 13.8 Å². The van der Waals surface area contributed by atoms with Gasteiger partial charge in [0.2, 0.25) is 0 Å². The molecule has 0 fully saturated rings. The van der Waals surface area contributed by atoms with Crippen LogP contribution in [0.15, 0.2) is 49.3 Å². The van der Waals surface area contributed by atoms with E-state index in [1.165, 1.54) is 6.08 Å². The zero-order valence-corrected chi connectivity index (χ0v) is 7.30. The van der Waals surface area contributed by atoms with Gasteiger partial charge in [-0.15, -0.1) is 0 Å². The summed E-state index contributed by atoms with van der Waals surface area (Å²) in [7, 11) is 0. The molecule has 1 N–H and O–H groups in total. The maximum Gasteiger partial charge on any atom is 0.108 e. The van der Waals surface area contributed by atoms with E-state index in [9.17, 15) is 0 Å². The van der Waals surface area contributed by atoms with Crippen molar-refractivity contribution in [3.8, 4) is 0 Å². The van der Waals surface area contributed by atoms with Gasteiger partial charge < -0.3 is 5.11 Å². The molecule has 0 amide bonds. The Hall–Kier alpha value is -1.24. The maximum absolute atomic E-state index is 8.54. The fraction of sp³-hybridized carbons (Fsp3) is 0.200. The number of hydrogen-bond donors (Lipinski definition) is 1. The third kappa shape index (κ3) is 12.1. The smallest absolute Gasteiger partial charge is 0.108 e. The summed E-state index contributed by atoms with van der Waals surface area (Å²) < 4.78 is 0. The molecule has 0 aliphatic carbocycles. The van der Waals surface area contributed by atoms with Crippen molar-refractivity contribution in [2.45, 2.75) is 13.8 Å². The predicted octanol–water partition coefficient (Wildman–Crippen LogP) is 3.38. The molecule has 0 aromatic carbocycles. The van der Waals surface area contributed by atoms with Gasteiger partial charge in [-0.05, 0) is 11.6 Å². The Labute approximate surface area is 69.1 Å². The Morgan fingerprint density at radius 2 is 1.64 bits per heavy atom. The van der Waals surface area contributed by atoms with E-state index in [2.05, 4.69) is 19.7 Å². The summed E-state index contributed by atoms with van der Waals surface area (Å²) in [6.45, 7) is 14.3. The minimum atomic E-state index is 0.0259. The number of rotatable bonds is 3. The SMILES string of the molecule is C=CC(=C)/C=C\C(=C)O.CC. The Morgan fingerprint density at radius 3 is 1.91 bits per heavy atom. The fourth-order valence-corrected chi connectivity index (χ4v) is 0.271. The lowest BCUT2D eigenvalue weighted by Gasteiger charge is -1.85. The second-order valence-corrected chi connectivity index (χ2v) is 1.60. The highest BCUT2D eigenvalue weighted by Gasteiger charge is 1.77. The summed E-state index contributed by atoms with van der Waals surface area (Å²) in [5, 5.41) is 8.54. The molecule has 0 radical (unpaired) electrons. The molecule has 0 aromatic rings. The normalized spacial score (nSPS) is 8.18. The van der Waals surface area contributed by atoms with Crippen molar-refractivity contribution in [3.63, 3.8) is 0 Å². The number of aliphatic hydroxyl groups is 1. The van der Waals surface area contributed by atoms with Gasteiger partial charge in [-0.25, -0.2) is 0 Å². The first-order chi connectivity index (χ1) is 5.16. The Bertz CT molecular complexity index is 164. The van der Waals surface area contributed by atoms with Crippen molar-refractivity contribution in [1.82, 2.24) is 0 Å². The minimum absolute atomic E-state index is 0.0259. The van der Waals surface area contributed by atoms with E-state index in [4.69, 9.17) is 5.11 Å². The molecule has 0 heterocycles. The molecular formula is C10H16O. The highest BCUT2D eigenvalue weighted by molar-refractivity contribution is 5.28. The van der Waals surface area contributed by atoms with Gasteiger partial charge in [-0.2, -0.15) is 0 Å². The molecule has 0 atom stereocenters. The lowest BCUT2D eigenvalue weighted by molar-refractivity contribution is 0.435. The van der Waals surface area contributed by atoms with Crippen LogP contribution in [0.25, 0.3) is 0 Å². The molecule has 0 spiro atoms. The van der Waals surface area contributed by atoms with Crippen LogP contribution in [0.4, 0.5) is 0 Å². The number of aliphatic hydroxyl groups excluding tert-OH is 1. The Kier molecular flexibility index (Phi) is 9.90. The first-order valence-corrected chi connectivity index (χ1v) is 3.54. The van der Waals surface area contributed by atoms with Gasteiger partial charge in [0.25, 0.3) is 0 Å². The average molecular weight is 152 g/mol. The lowest BCUT2D eigenvalue weighted by Crippen LogP contribution is -1.68. The van der Waals surface area contributed by atoms with Crippen LogP contribution in [0.1, 0.15) is 13.8 Å². The van der Waals surface area contributed by atoms with Crippen molar-refractivity contribution in [3.05, 3.63) is 49.3 Å². The zero-order valence-electron chi connectivity index (χ0n) is 7.30. The summed E-state index contributed by atoms with van der Waals surface area (Å²) in [6, 6.07) is 0. The first-order valence-electron chi connectivity index (χ1n) is 3.54. The van der Waals surface area contributed by atoms with Crippen LogP contribution in [0.5, 0.6) is 0 Å². The van der Waals surface area contributed by atoms with E-state index in [0.717, 1.165) is 5.57 Å². The van der Waals surface area contributed by atoms with Crippen molar-refractivity contribution >= 4 is 0 Å². The first kappa shape index (κ1) is 12.4. The van der Waals surface area contributed by atoms with Gasteiger partial charge in [0.05, 0.1) is 0 Å². The van der Waals surface area contributed by atoms with Gasteiger partial charge in [-0.3, -0.25) is 0 Å². The second kappa shape index (κ2) is 8.76. The van der Waals surface area contributed by atoms with Crippen LogP contribution in [-0.4, -0.2) is 5.11 Å². The van der Waals surface area contributed by atoms with Crippen LogP contribution in [0.2, 0.25) is 0 Å². The Balaban J connectivity index is 0. The molecule has 0 aliphatic rings. The molecular weight excluding hydrogens is 136 g/mol. The summed E-state index contributed by atoms with van der Waals surface area (Å²) in [4.78, 5) is 0. The number of allylic oxidation sites excluding steroid dienone is 4. The fourth-order valence-electron chi connectivity index (χ4n) is 0.271. The van der Waals surface area contributed by atoms with E-state index >= 15 is 0 Å². The van der Waals surface area contributed by atoms with E-state index < -0.39 is 0 Å². The van der Waals surface area contributed by atoms with E-state index in [-0.39, 0.29) is 5.76 Å². The van der Waals surface area contributed by atoms with Gasteiger partial charge >= 0.3 is 0 Å². The standard InChI is InChI=1S/C8H10O.C2H6/c1-4-7(2)5-6-8(3)9;1-2/h4-6,9H,1-3H2;1-2H3/b6-5-;. The van der Waals surface area contributed by atoms with Crippen LogP contribution in [0, 0.1) is 0 Å². The zero-order chi connectivity index (χ0) is 9.28. The molecule has 0 unspecified atom stereocenters. The van der Waals surface area contributed by atoms with Crippen LogP contribution in [0.3, 0.4) is 0 Å². The summed E-state index contributed by atoms with van der Waals surface area (Å²) in [5.74, 6) is 0.0259. The highest BCUT2D eigenvalue weighted by Crippen LogP contribution is 1.94. The van der Waals surface area contributed by atoms with Gasteiger partial charge in [0.15, 0.2) is 0 Å². The number of hydrogen-bond acceptors (Lipinski definition) is 1. The molecule has 0 bridgehead atoms. The van der Waals surface area contributed by atoms with Gasteiger partial charge in [0, 0.05) is 0 Å². The van der Waals surface area contributed by atoms with Crippen molar-refractivity contribution in [2.24, 2.45) is 0 Å². The lowest BCUT2D eigenvalue weighted by atomic mass is 10.3. The van der Waals surface area contributed by atoms with Crippen molar-refractivity contribution in [1.29, 1.82) is 0 Å². The largest absolute Gasteiger partial charge is 0.509 e. The minimum Gasteiger partial charge on any atom is -0.509 e. The maximum atomic E-state index is 8.54. The summed E-state index contributed by atoms with van der Waals surface area (Å²) >= 11 is 0.